The molecule has 0 aromatic carbocycles. The van der Waals surface area contributed by atoms with Gasteiger partial charge in [-0.15, -0.1) is 0 Å². The van der Waals surface area contributed by atoms with Gasteiger partial charge >= 0.3 is 0 Å². The summed E-state index contributed by atoms with van der Waals surface area (Å²) < 4.78 is 5.32. The van der Waals surface area contributed by atoms with E-state index in [1.807, 2.05) is 6.07 Å². The first-order chi connectivity index (χ1) is 10.7. The molecule has 5 heteroatoms. The summed E-state index contributed by atoms with van der Waals surface area (Å²) >= 11 is 0. The SMILES string of the molecule is O=C1CC(c2ccco2)CC(=O)C1C=NCC1CC[NH2+]CC1. The summed E-state index contributed by atoms with van der Waals surface area (Å²) in [6, 6.07) is 3.62. The third-order valence-corrected chi connectivity index (χ3v) is 4.71. The highest BCUT2D eigenvalue weighted by atomic mass is 16.3. The van der Waals surface area contributed by atoms with Gasteiger partial charge in [0.1, 0.15) is 23.2 Å². The first-order valence-electron chi connectivity index (χ1n) is 8.14. The van der Waals surface area contributed by atoms with Crippen LogP contribution >= 0.6 is 0 Å². The number of Topliss-reactive ketones (excluding diaryl/α,β-unsaturated/α-hetero) is 2. The largest absolute Gasteiger partial charge is 0.469 e. The smallest absolute Gasteiger partial charge is 0.149 e. The zero-order chi connectivity index (χ0) is 15.4. The van der Waals surface area contributed by atoms with Crippen LogP contribution in [-0.2, 0) is 9.59 Å². The first kappa shape index (κ1) is 15.2. The molecule has 1 saturated carbocycles. The Morgan fingerprint density at radius 2 is 1.95 bits per heavy atom. The quantitative estimate of drug-likeness (QED) is 0.665. The molecule has 5 nitrogen and oxygen atoms in total. The van der Waals surface area contributed by atoms with Crippen LogP contribution in [0.4, 0.5) is 0 Å². The van der Waals surface area contributed by atoms with Crippen molar-refractivity contribution in [2.75, 3.05) is 19.6 Å². The van der Waals surface area contributed by atoms with E-state index >= 15 is 0 Å². The molecular weight excluding hydrogens is 280 g/mol. The van der Waals surface area contributed by atoms with E-state index < -0.39 is 5.92 Å². The Kier molecular flexibility index (Phi) is 4.83. The standard InChI is InChI=1S/C17H22N2O3/c20-15-8-13(17-2-1-7-22-17)9-16(21)14(15)11-19-10-12-3-5-18-6-4-12/h1-2,7,11-14,18H,3-6,8-10H2/p+1. The first-order valence-corrected chi connectivity index (χ1v) is 8.14. The van der Waals surface area contributed by atoms with E-state index in [1.54, 1.807) is 18.5 Å². The Hall–Kier alpha value is -1.75. The van der Waals surface area contributed by atoms with E-state index in [-0.39, 0.29) is 17.5 Å². The third-order valence-electron chi connectivity index (χ3n) is 4.71. The van der Waals surface area contributed by atoms with Crippen molar-refractivity contribution in [2.45, 2.75) is 31.6 Å². The number of aliphatic imine (C=N–C) groups is 1. The second kappa shape index (κ2) is 7.01. The number of hydrogen-bond acceptors (Lipinski definition) is 4. The highest BCUT2D eigenvalue weighted by Crippen LogP contribution is 2.31. The predicted octanol–water partition coefficient (Wildman–Crippen LogP) is 0.956. The summed E-state index contributed by atoms with van der Waals surface area (Å²) in [5, 5.41) is 2.32. The van der Waals surface area contributed by atoms with Crippen molar-refractivity contribution in [3.63, 3.8) is 0 Å². The van der Waals surface area contributed by atoms with Gasteiger partial charge in [-0.3, -0.25) is 14.6 Å². The fourth-order valence-electron chi connectivity index (χ4n) is 3.38. The summed E-state index contributed by atoms with van der Waals surface area (Å²) in [6.07, 6.45) is 6.26. The highest BCUT2D eigenvalue weighted by Gasteiger charge is 2.36. The number of ketones is 2. The molecule has 3 rings (SSSR count). The summed E-state index contributed by atoms with van der Waals surface area (Å²) in [4.78, 5) is 28.9. The van der Waals surface area contributed by atoms with Crippen LogP contribution in [0.2, 0.25) is 0 Å². The van der Waals surface area contributed by atoms with Crippen LogP contribution in [0, 0.1) is 11.8 Å². The molecule has 0 bridgehead atoms. The van der Waals surface area contributed by atoms with Crippen molar-refractivity contribution < 1.29 is 19.3 Å². The number of carbonyl (C=O) groups is 2. The molecule has 0 spiro atoms. The van der Waals surface area contributed by atoms with E-state index in [0.29, 0.717) is 18.8 Å². The maximum absolute atomic E-state index is 12.2. The lowest BCUT2D eigenvalue weighted by Gasteiger charge is -2.23. The van der Waals surface area contributed by atoms with Crippen molar-refractivity contribution >= 4 is 17.8 Å². The van der Waals surface area contributed by atoms with Crippen molar-refractivity contribution in [2.24, 2.45) is 16.8 Å². The summed E-state index contributed by atoms with van der Waals surface area (Å²) in [7, 11) is 0. The van der Waals surface area contributed by atoms with Crippen molar-refractivity contribution in [3.05, 3.63) is 24.2 Å². The minimum atomic E-state index is -0.638. The molecule has 1 aromatic rings. The van der Waals surface area contributed by atoms with Gasteiger partial charge in [-0.1, -0.05) is 0 Å². The number of carbonyl (C=O) groups excluding carboxylic acids is 2. The molecule has 1 aliphatic heterocycles. The lowest BCUT2D eigenvalue weighted by Crippen LogP contribution is -2.86. The number of rotatable bonds is 4. The van der Waals surface area contributed by atoms with Crippen LogP contribution < -0.4 is 5.32 Å². The number of nitrogens with zero attached hydrogens (tertiary/aromatic N) is 1. The average Bonchev–Trinajstić information content (AvgIpc) is 3.05. The molecule has 2 aliphatic rings. The fourth-order valence-corrected chi connectivity index (χ4v) is 3.38. The topological polar surface area (TPSA) is 76.2 Å². The monoisotopic (exact) mass is 303 g/mol. The molecule has 0 amide bonds. The van der Waals surface area contributed by atoms with Crippen molar-refractivity contribution in [3.8, 4) is 0 Å². The summed E-state index contributed by atoms with van der Waals surface area (Å²) in [5.74, 6) is 0.535. The Labute approximate surface area is 130 Å². The molecule has 2 fully saturated rings. The highest BCUT2D eigenvalue weighted by molar-refractivity contribution is 6.16. The van der Waals surface area contributed by atoms with E-state index in [4.69, 9.17) is 4.42 Å². The zero-order valence-corrected chi connectivity index (χ0v) is 12.7. The zero-order valence-electron chi connectivity index (χ0n) is 12.7. The van der Waals surface area contributed by atoms with E-state index in [9.17, 15) is 9.59 Å². The van der Waals surface area contributed by atoms with Crippen LogP contribution in [0.1, 0.15) is 37.4 Å². The lowest BCUT2D eigenvalue weighted by atomic mass is 9.79. The molecule has 1 aliphatic carbocycles. The van der Waals surface area contributed by atoms with Gasteiger partial charge in [-0.05, 0) is 18.1 Å². The lowest BCUT2D eigenvalue weighted by molar-refractivity contribution is -0.664. The van der Waals surface area contributed by atoms with Crippen molar-refractivity contribution in [1.29, 1.82) is 0 Å². The van der Waals surface area contributed by atoms with E-state index in [1.165, 1.54) is 12.8 Å². The number of furan rings is 1. The second-order valence-electron chi connectivity index (χ2n) is 6.35. The average molecular weight is 303 g/mol. The second-order valence-corrected chi connectivity index (χ2v) is 6.35. The van der Waals surface area contributed by atoms with Gasteiger partial charge in [0, 0.05) is 44.4 Å². The Morgan fingerprint density at radius 1 is 1.23 bits per heavy atom. The van der Waals surface area contributed by atoms with Crippen LogP contribution in [0.3, 0.4) is 0 Å². The molecule has 22 heavy (non-hydrogen) atoms. The van der Waals surface area contributed by atoms with Crippen molar-refractivity contribution in [1.82, 2.24) is 0 Å². The molecule has 2 N–H and O–H groups in total. The maximum atomic E-state index is 12.2. The molecule has 0 atom stereocenters. The molecule has 0 unspecified atom stereocenters. The van der Waals surface area contributed by atoms with Gasteiger partial charge in [-0.25, -0.2) is 0 Å². The van der Waals surface area contributed by atoms with E-state index in [2.05, 4.69) is 10.3 Å². The molecule has 1 saturated heterocycles. The Morgan fingerprint density at radius 3 is 2.59 bits per heavy atom. The molecule has 0 radical (unpaired) electrons. The Balaban J connectivity index is 1.56. The molecule has 1 aromatic heterocycles. The molecule has 2 heterocycles. The summed E-state index contributed by atoms with van der Waals surface area (Å²) in [6.45, 7) is 3.06. The number of hydrogen-bond donors (Lipinski definition) is 1. The van der Waals surface area contributed by atoms with Crippen LogP contribution in [0.15, 0.2) is 27.8 Å². The third kappa shape index (κ3) is 3.53. The molecular formula is C17H23N2O3+. The normalized spacial score (nSPS) is 27.6. The van der Waals surface area contributed by atoms with Gasteiger partial charge in [0.15, 0.2) is 0 Å². The van der Waals surface area contributed by atoms with E-state index in [0.717, 1.165) is 25.4 Å². The molecule has 118 valence electrons. The number of quaternary nitrogens is 1. The van der Waals surface area contributed by atoms with Gasteiger partial charge in [-0.2, -0.15) is 0 Å². The van der Waals surface area contributed by atoms with Crippen LogP contribution in [0.5, 0.6) is 0 Å². The predicted molar refractivity (Wildman–Crippen MR) is 81.9 cm³/mol. The van der Waals surface area contributed by atoms with Gasteiger partial charge < -0.3 is 9.73 Å². The fraction of sp³-hybridized carbons (Fsp3) is 0.588. The minimum absolute atomic E-state index is 0.0293. The van der Waals surface area contributed by atoms with Gasteiger partial charge in [0.2, 0.25) is 0 Å². The van der Waals surface area contributed by atoms with Gasteiger partial charge in [0.25, 0.3) is 0 Å². The minimum Gasteiger partial charge on any atom is -0.469 e. The van der Waals surface area contributed by atoms with Gasteiger partial charge in [0.05, 0.1) is 19.4 Å². The van der Waals surface area contributed by atoms with Crippen LogP contribution in [-0.4, -0.2) is 37.4 Å². The Bertz CT molecular complexity index is 526. The van der Waals surface area contributed by atoms with Crippen LogP contribution in [0.25, 0.3) is 0 Å². The summed E-state index contributed by atoms with van der Waals surface area (Å²) in [5.41, 5.74) is 0. The number of piperidine rings is 1. The maximum Gasteiger partial charge on any atom is 0.149 e. The number of nitrogens with two attached hydrogens (primary N) is 1.